The van der Waals surface area contributed by atoms with E-state index in [1.165, 1.54) is 36.4 Å². The Morgan fingerprint density at radius 1 is 1.03 bits per heavy atom. The van der Waals surface area contributed by atoms with Crippen molar-refractivity contribution in [2.75, 3.05) is 14.1 Å². The van der Waals surface area contributed by atoms with Crippen LogP contribution >= 0.6 is 0 Å². The average molecular weight is 496 g/mol. The summed E-state index contributed by atoms with van der Waals surface area (Å²) in [7, 11) is 4.33. The Kier molecular flexibility index (Phi) is 5.49. The number of aliphatic hydroxyl groups is 1. The number of likely N-dealkylation sites (N-methyl/N-ethyl adjacent to an activating group) is 1. The van der Waals surface area contributed by atoms with E-state index in [2.05, 4.69) is 14.1 Å². The molecule has 0 amide bonds. The van der Waals surface area contributed by atoms with Crippen molar-refractivity contribution in [3.63, 3.8) is 0 Å². The summed E-state index contributed by atoms with van der Waals surface area (Å²) in [5.74, 6) is -2.14. The second kappa shape index (κ2) is 7.62. The van der Waals surface area contributed by atoms with Crippen LogP contribution in [0.4, 0.5) is 8.78 Å². The number of hydrogen-bond acceptors (Lipinski definition) is 4. The fraction of sp³-hybridized carbons (Fsp3) is 0.435. The first-order valence-corrected chi connectivity index (χ1v) is 10.2. The Morgan fingerprint density at radius 3 is 1.97 bits per heavy atom. The van der Waals surface area contributed by atoms with Crippen molar-refractivity contribution in [2.24, 2.45) is 0 Å². The van der Waals surface area contributed by atoms with Crippen molar-refractivity contribution in [2.45, 2.75) is 48.8 Å². The summed E-state index contributed by atoms with van der Waals surface area (Å²) < 4.78 is 40.2. The van der Waals surface area contributed by atoms with Gasteiger partial charge >= 0.3 is 5.97 Å². The van der Waals surface area contributed by atoms with Gasteiger partial charge in [-0.05, 0) is 24.3 Å². The number of ether oxygens (including phenoxy) is 2. The zero-order valence-corrected chi connectivity index (χ0v) is 18.8. The molecule has 3 heterocycles. The van der Waals surface area contributed by atoms with Crippen LogP contribution in [0.3, 0.4) is 0 Å². The van der Waals surface area contributed by atoms with E-state index in [0.717, 1.165) is 16.6 Å². The van der Waals surface area contributed by atoms with E-state index in [0.29, 0.717) is 12.8 Å². The van der Waals surface area contributed by atoms with E-state index in [1.54, 1.807) is 0 Å². The second-order valence-corrected chi connectivity index (χ2v) is 9.06. The molecule has 3 unspecified atom stereocenters. The summed E-state index contributed by atoms with van der Waals surface area (Å²) >= 11 is 0. The molecule has 5 nitrogen and oxygen atoms in total. The third kappa shape index (κ3) is 3.50. The molecule has 3 aliphatic rings. The molecular weight excluding hydrogens is 472 g/mol. The van der Waals surface area contributed by atoms with Crippen molar-refractivity contribution in [1.29, 1.82) is 0 Å². The number of quaternary nitrogens is 1. The number of esters is 1. The Bertz CT molecular complexity index is 951. The lowest BCUT2D eigenvalue weighted by atomic mass is 9.86. The highest BCUT2D eigenvalue weighted by Gasteiger charge is 2.71. The van der Waals surface area contributed by atoms with Crippen LogP contribution in [0.2, 0.25) is 0 Å². The Balaban J connectivity index is 0.00000231. The molecule has 5 rings (SSSR count). The van der Waals surface area contributed by atoms with Gasteiger partial charge in [-0.1, -0.05) is 24.3 Å². The van der Waals surface area contributed by atoms with E-state index in [-0.39, 0.29) is 58.5 Å². The number of carbonyl (C=O) groups is 1. The van der Waals surface area contributed by atoms with E-state index in [9.17, 15) is 18.7 Å². The van der Waals surface area contributed by atoms with E-state index >= 15 is 0 Å². The summed E-state index contributed by atoms with van der Waals surface area (Å²) in [4.78, 5) is 13.3. The van der Waals surface area contributed by atoms with Gasteiger partial charge in [-0.2, -0.15) is 0 Å². The molecule has 2 aromatic rings. The number of morpholine rings is 1. The quantitative estimate of drug-likeness (QED) is 0.353. The number of carbonyl (C=O) groups excluding carboxylic acids is 1. The van der Waals surface area contributed by atoms with Gasteiger partial charge in [-0.25, -0.2) is 13.6 Å². The van der Waals surface area contributed by atoms with Crippen molar-refractivity contribution >= 4 is 5.97 Å². The minimum absolute atomic E-state index is 0. The standard InChI is InChI=1S/C23H24F2NO4.BrH/c1-26(2)18-11-17(12-19(26)21-20(18)30-21)29-22(27)23(28,13-5-3-7-15(24)9-13)14-6-4-8-16(25)10-14;/h3-10,17-21,28H,11-12H2,1-2H3;1H/q+1;/p-1/t17?,18-,19?,20+,21?;/m0./s1. The Labute approximate surface area is 189 Å². The first-order chi connectivity index (χ1) is 14.2. The molecule has 2 aromatic carbocycles. The fourth-order valence-electron chi connectivity index (χ4n) is 5.37. The molecule has 8 heteroatoms. The van der Waals surface area contributed by atoms with Crippen LogP contribution < -0.4 is 17.0 Å². The van der Waals surface area contributed by atoms with Gasteiger partial charge in [-0.3, -0.25) is 0 Å². The third-order valence-corrected chi connectivity index (χ3v) is 7.09. The number of fused-ring (bicyclic) bond motifs is 5. The molecule has 0 radical (unpaired) electrons. The van der Waals surface area contributed by atoms with E-state index in [4.69, 9.17) is 9.47 Å². The number of halogens is 3. The van der Waals surface area contributed by atoms with Gasteiger partial charge in [-0.15, -0.1) is 0 Å². The molecule has 0 aromatic heterocycles. The molecule has 3 fully saturated rings. The molecule has 0 saturated carbocycles. The van der Waals surface area contributed by atoms with Gasteiger partial charge < -0.3 is 36.0 Å². The topological polar surface area (TPSA) is 59.1 Å². The molecular formula is C23H24BrF2NO4. The first kappa shape index (κ1) is 22.3. The molecule has 31 heavy (non-hydrogen) atoms. The predicted molar refractivity (Wildman–Crippen MR) is 103 cm³/mol. The molecule has 0 aliphatic carbocycles. The van der Waals surface area contributed by atoms with Crippen LogP contribution in [0.1, 0.15) is 24.0 Å². The largest absolute Gasteiger partial charge is 1.00 e. The Morgan fingerprint density at radius 2 is 1.52 bits per heavy atom. The average Bonchev–Trinajstić information content (AvgIpc) is 3.45. The third-order valence-electron chi connectivity index (χ3n) is 7.09. The predicted octanol–water partition coefficient (Wildman–Crippen LogP) is -0.495. The summed E-state index contributed by atoms with van der Waals surface area (Å²) in [6.45, 7) is 0. The molecule has 5 atom stereocenters. The zero-order chi connectivity index (χ0) is 21.3. The van der Waals surface area contributed by atoms with E-state index < -0.39 is 23.2 Å². The lowest BCUT2D eigenvalue weighted by molar-refractivity contribution is -0.938. The van der Waals surface area contributed by atoms with Crippen molar-refractivity contribution in [3.8, 4) is 0 Å². The summed E-state index contributed by atoms with van der Waals surface area (Å²) in [5, 5.41) is 11.5. The van der Waals surface area contributed by atoms with Crippen molar-refractivity contribution < 1.29 is 49.6 Å². The van der Waals surface area contributed by atoms with Crippen LogP contribution in [0.25, 0.3) is 0 Å². The minimum Gasteiger partial charge on any atom is -1.00 e. The molecule has 1 N–H and O–H groups in total. The fourth-order valence-corrected chi connectivity index (χ4v) is 5.37. The summed E-state index contributed by atoms with van der Waals surface area (Å²) in [5.41, 5.74) is -2.32. The van der Waals surface area contributed by atoms with Gasteiger partial charge in [0.15, 0.2) is 0 Å². The first-order valence-electron chi connectivity index (χ1n) is 10.2. The van der Waals surface area contributed by atoms with Crippen molar-refractivity contribution in [3.05, 3.63) is 71.3 Å². The number of piperidine rings is 1. The van der Waals surface area contributed by atoms with Gasteiger partial charge in [0.25, 0.3) is 0 Å². The normalized spacial score (nSPS) is 30.2. The number of nitrogens with zero attached hydrogens (tertiary/aromatic N) is 1. The zero-order valence-electron chi connectivity index (χ0n) is 17.2. The monoisotopic (exact) mass is 495 g/mol. The maximum absolute atomic E-state index is 13.9. The lowest BCUT2D eigenvalue weighted by Gasteiger charge is -2.45. The van der Waals surface area contributed by atoms with Gasteiger partial charge in [0.2, 0.25) is 5.60 Å². The SMILES string of the molecule is C[N+]1(C)C2CC(OC(=O)C(O)(c3cccc(F)c3)c3cccc(F)c3)C[C@H]1[C@H]1OC21.[Br-]. The number of hydrogen-bond donors (Lipinski definition) is 1. The highest BCUT2D eigenvalue weighted by atomic mass is 79.9. The molecule has 3 saturated heterocycles. The van der Waals surface area contributed by atoms with Crippen LogP contribution in [0, 0.1) is 11.6 Å². The Hall–Kier alpha value is -1.87. The maximum atomic E-state index is 13.9. The number of rotatable bonds is 4. The van der Waals surface area contributed by atoms with E-state index in [1.807, 2.05) is 0 Å². The van der Waals surface area contributed by atoms with Crippen LogP contribution in [0.5, 0.6) is 0 Å². The molecule has 2 bridgehead atoms. The summed E-state index contributed by atoms with van der Waals surface area (Å²) in [6.07, 6.45) is 1.25. The highest BCUT2D eigenvalue weighted by molar-refractivity contribution is 5.85. The highest BCUT2D eigenvalue weighted by Crippen LogP contribution is 2.52. The minimum atomic E-state index is -2.31. The molecule has 0 spiro atoms. The van der Waals surface area contributed by atoms with Crippen LogP contribution in [-0.4, -0.2) is 60.0 Å². The molecule has 3 aliphatic heterocycles. The lowest BCUT2D eigenvalue weighted by Crippen LogP contribution is -3.00. The molecule has 166 valence electrons. The van der Waals surface area contributed by atoms with Gasteiger partial charge in [0.05, 0.1) is 14.1 Å². The van der Waals surface area contributed by atoms with Crippen LogP contribution in [0.15, 0.2) is 48.5 Å². The van der Waals surface area contributed by atoms with Gasteiger partial charge in [0, 0.05) is 24.0 Å². The van der Waals surface area contributed by atoms with Crippen molar-refractivity contribution in [1.82, 2.24) is 0 Å². The number of epoxide rings is 1. The van der Waals surface area contributed by atoms with Gasteiger partial charge in [0.1, 0.15) is 42.0 Å². The van der Waals surface area contributed by atoms with Crippen LogP contribution in [-0.2, 0) is 19.9 Å². The maximum Gasteiger partial charge on any atom is 0.347 e. The smallest absolute Gasteiger partial charge is 0.347 e. The summed E-state index contributed by atoms with van der Waals surface area (Å²) in [6, 6.07) is 10.7. The number of benzene rings is 2. The second-order valence-electron chi connectivity index (χ2n) is 9.06.